The van der Waals surface area contributed by atoms with E-state index in [1.807, 2.05) is 44.3 Å². The molecule has 0 bridgehead atoms. The molecule has 3 unspecified atom stereocenters. The fourth-order valence-corrected chi connectivity index (χ4v) is 6.95. The summed E-state index contributed by atoms with van der Waals surface area (Å²) in [6.07, 6.45) is 3.39. The lowest BCUT2D eigenvalue weighted by Gasteiger charge is -2.46. The average molecular weight is 599 g/mol. The maximum atomic E-state index is 14.1. The highest BCUT2D eigenvalue weighted by Gasteiger charge is 2.42. The summed E-state index contributed by atoms with van der Waals surface area (Å²) in [7, 11) is 1.84. The second kappa shape index (κ2) is 13.9. The van der Waals surface area contributed by atoms with E-state index >= 15 is 0 Å². The Hall–Kier alpha value is -3.48. The molecule has 1 saturated heterocycles. The molecule has 7 heteroatoms. The number of aryl methyl sites for hydroxylation is 2. The van der Waals surface area contributed by atoms with Crippen LogP contribution in [0, 0.1) is 12.8 Å². The van der Waals surface area contributed by atoms with Gasteiger partial charge in [0, 0.05) is 42.7 Å². The monoisotopic (exact) mass is 598 g/mol. The fourth-order valence-electron chi connectivity index (χ4n) is 6.78. The summed E-state index contributed by atoms with van der Waals surface area (Å²) in [5.74, 6) is 1.01. The molecule has 1 aliphatic rings. The number of likely N-dealkylation sites (tertiary alicyclic amines) is 1. The van der Waals surface area contributed by atoms with Crippen LogP contribution in [0.15, 0.2) is 77.6 Å². The molecular formula is C36H43ClN4O2. The molecular weight excluding hydrogens is 556 g/mol. The number of hydrogen-bond acceptors (Lipinski definition) is 4. The van der Waals surface area contributed by atoms with Gasteiger partial charge in [-0.1, -0.05) is 73.5 Å². The summed E-state index contributed by atoms with van der Waals surface area (Å²) in [4.78, 5) is 37.3. The number of rotatable bonds is 10. The number of aromatic nitrogens is 2. The van der Waals surface area contributed by atoms with Crippen LogP contribution in [0.5, 0.6) is 0 Å². The first-order valence-corrected chi connectivity index (χ1v) is 16.0. The number of benzene rings is 3. The fraction of sp³-hybridized carbons (Fsp3) is 0.417. The molecule has 0 N–H and O–H groups in total. The first kappa shape index (κ1) is 31.0. The second-order valence-corrected chi connectivity index (χ2v) is 12.3. The van der Waals surface area contributed by atoms with Gasteiger partial charge < -0.3 is 9.80 Å². The number of amides is 1. The van der Waals surface area contributed by atoms with E-state index in [9.17, 15) is 9.59 Å². The Morgan fingerprint density at radius 2 is 1.72 bits per heavy atom. The summed E-state index contributed by atoms with van der Waals surface area (Å²) in [5, 5.41) is 1.14. The molecule has 5 rings (SSSR count). The van der Waals surface area contributed by atoms with Crippen LogP contribution >= 0.6 is 11.6 Å². The van der Waals surface area contributed by atoms with E-state index < -0.39 is 0 Å². The van der Waals surface area contributed by atoms with Crippen LogP contribution < -0.4 is 5.56 Å². The van der Waals surface area contributed by atoms with Gasteiger partial charge in [-0.05, 0) is 87.5 Å². The molecule has 1 aliphatic heterocycles. The first-order valence-electron chi connectivity index (χ1n) is 15.6. The lowest BCUT2D eigenvalue weighted by atomic mass is 9.74. The maximum absolute atomic E-state index is 14.1. The van der Waals surface area contributed by atoms with Crippen molar-refractivity contribution < 1.29 is 4.79 Å². The van der Waals surface area contributed by atoms with Crippen LogP contribution in [-0.2, 0) is 13.5 Å². The van der Waals surface area contributed by atoms with E-state index in [2.05, 4.69) is 47.9 Å². The van der Waals surface area contributed by atoms with Crippen molar-refractivity contribution in [2.45, 2.75) is 58.4 Å². The van der Waals surface area contributed by atoms with Crippen LogP contribution in [0.2, 0.25) is 5.02 Å². The van der Waals surface area contributed by atoms with Crippen molar-refractivity contribution >= 4 is 28.4 Å². The SMILES string of the molecule is CCN(CC)CCC1C(CCc2ccccc2)C(c2nc3cc(Cl)ccc3c(=O)n2C)CCN1C(=O)c1ccc(C)cc1. The molecule has 2 heterocycles. The van der Waals surface area contributed by atoms with Crippen LogP contribution in [0.3, 0.4) is 0 Å². The molecule has 1 aromatic heterocycles. The predicted molar refractivity (Wildman–Crippen MR) is 176 cm³/mol. The van der Waals surface area contributed by atoms with Crippen LogP contribution in [0.25, 0.3) is 10.9 Å². The molecule has 3 atom stereocenters. The maximum Gasteiger partial charge on any atom is 0.261 e. The summed E-state index contributed by atoms with van der Waals surface area (Å²) in [6, 6.07) is 23.8. The molecule has 0 aliphatic carbocycles. The molecule has 3 aromatic carbocycles. The van der Waals surface area contributed by atoms with Gasteiger partial charge in [0.25, 0.3) is 11.5 Å². The van der Waals surface area contributed by atoms with Gasteiger partial charge in [0.2, 0.25) is 0 Å². The Bertz CT molecular complexity index is 1600. The Morgan fingerprint density at radius 3 is 2.42 bits per heavy atom. The van der Waals surface area contributed by atoms with Gasteiger partial charge in [0.05, 0.1) is 10.9 Å². The van der Waals surface area contributed by atoms with Crippen molar-refractivity contribution in [1.29, 1.82) is 0 Å². The van der Waals surface area contributed by atoms with E-state index in [0.29, 0.717) is 22.5 Å². The highest BCUT2D eigenvalue weighted by molar-refractivity contribution is 6.31. The molecule has 6 nitrogen and oxygen atoms in total. The molecule has 43 heavy (non-hydrogen) atoms. The molecule has 0 saturated carbocycles. The second-order valence-electron chi connectivity index (χ2n) is 11.8. The number of hydrogen-bond donors (Lipinski definition) is 0. The third kappa shape index (κ3) is 6.86. The lowest BCUT2D eigenvalue weighted by molar-refractivity contribution is 0.0362. The molecule has 226 valence electrons. The summed E-state index contributed by atoms with van der Waals surface area (Å²) in [6.45, 7) is 9.88. The van der Waals surface area contributed by atoms with Crippen molar-refractivity contribution in [2.24, 2.45) is 13.0 Å². The summed E-state index contributed by atoms with van der Waals surface area (Å²) >= 11 is 6.34. The minimum Gasteiger partial charge on any atom is -0.335 e. The molecule has 1 fully saturated rings. The van der Waals surface area contributed by atoms with Crippen LogP contribution in [-0.4, -0.2) is 57.5 Å². The van der Waals surface area contributed by atoms with E-state index in [0.717, 1.165) is 62.3 Å². The van der Waals surface area contributed by atoms with Crippen molar-refractivity contribution in [1.82, 2.24) is 19.4 Å². The van der Waals surface area contributed by atoms with Crippen molar-refractivity contribution in [3.63, 3.8) is 0 Å². The van der Waals surface area contributed by atoms with Crippen molar-refractivity contribution in [3.05, 3.63) is 111 Å². The van der Waals surface area contributed by atoms with Gasteiger partial charge in [-0.25, -0.2) is 4.98 Å². The lowest BCUT2D eigenvalue weighted by Crippen LogP contribution is -2.53. The largest absolute Gasteiger partial charge is 0.335 e. The van der Waals surface area contributed by atoms with E-state index in [1.165, 1.54) is 5.56 Å². The zero-order valence-corrected chi connectivity index (χ0v) is 26.6. The summed E-state index contributed by atoms with van der Waals surface area (Å²) < 4.78 is 1.73. The Morgan fingerprint density at radius 1 is 1.00 bits per heavy atom. The van der Waals surface area contributed by atoms with Crippen LogP contribution in [0.4, 0.5) is 0 Å². The third-order valence-electron chi connectivity index (χ3n) is 9.30. The van der Waals surface area contributed by atoms with Crippen LogP contribution in [0.1, 0.15) is 66.3 Å². The predicted octanol–water partition coefficient (Wildman–Crippen LogP) is 6.87. The van der Waals surface area contributed by atoms with Gasteiger partial charge in [0.15, 0.2) is 0 Å². The quantitative estimate of drug-likeness (QED) is 0.200. The number of nitrogens with zero attached hydrogens (tertiary/aromatic N) is 4. The zero-order chi connectivity index (χ0) is 30.5. The Kier molecular flexibility index (Phi) is 9.99. The number of fused-ring (bicyclic) bond motifs is 1. The first-order chi connectivity index (χ1) is 20.8. The number of halogens is 1. The van der Waals surface area contributed by atoms with Gasteiger partial charge in [-0.2, -0.15) is 0 Å². The molecule has 0 radical (unpaired) electrons. The topological polar surface area (TPSA) is 58.4 Å². The zero-order valence-electron chi connectivity index (χ0n) is 25.8. The van der Waals surface area contributed by atoms with Gasteiger partial charge in [-0.15, -0.1) is 0 Å². The minimum absolute atomic E-state index is 0.00354. The van der Waals surface area contributed by atoms with E-state index in [-0.39, 0.29) is 29.3 Å². The standard InChI is InChI=1S/C36H43ClN4O2/c1-5-40(6-2)22-21-33-29(18-14-26-10-8-7-9-11-26)30(20-23-41(33)35(42)27-15-12-25(3)13-16-27)34-38-32-24-28(37)17-19-31(32)36(43)39(34)4/h7-13,15-17,19,24,29-30,33H,5-6,14,18,20-23H2,1-4H3. The Balaban J connectivity index is 1.59. The number of carbonyl (C=O) groups excluding carboxylic acids is 1. The van der Waals surface area contributed by atoms with Gasteiger partial charge in [0.1, 0.15) is 5.82 Å². The highest BCUT2D eigenvalue weighted by atomic mass is 35.5. The molecule has 4 aromatic rings. The summed E-state index contributed by atoms with van der Waals surface area (Å²) in [5.41, 5.74) is 3.71. The molecule has 1 amide bonds. The van der Waals surface area contributed by atoms with E-state index in [4.69, 9.17) is 16.6 Å². The van der Waals surface area contributed by atoms with Crippen molar-refractivity contribution in [3.8, 4) is 0 Å². The van der Waals surface area contributed by atoms with Gasteiger partial charge >= 0.3 is 0 Å². The van der Waals surface area contributed by atoms with E-state index in [1.54, 1.807) is 22.8 Å². The smallest absolute Gasteiger partial charge is 0.261 e. The number of piperidine rings is 1. The van der Waals surface area contributed by atoms with Gasteiger partial charge in [-0.3, -0.25) is 14.2 Å². The minimum atomic E-state index is -0.0590. The average Bonchev–Trinajstić information content (AvgIpc) is 3.02. The number of carbonyl (C=O) groups is 1. The highest BCUT2D eigenvalue weighted by Crippen LogP contribution is 2.41. The Labute approximate surface area is 260 Å². The molecule has 0 spiro atoms. The normalized spacial score (nSPS) is 18.8. The van der Waals surface area contributed by atoms with Crippen molar-refractivity contribution in [2.75, 3.05) is 26.2 Å². The third-order valence-corrected chi connectivity index (χ3v) is 9.54.